The zero-order chi connectivity index (χ0) is 19.2. The average Bonchev–Trinajstić information content (AvgIpc) is 2.98. The van der Waals surface area contributed by atoms with Gasteiger partial charge in [0.1, 0.15) is 0 Å². The van der Waals surface area contributed by atoms with Gasteiger partial charge in [-0.25, -0.2) is 4.79 Å². The van der Waals surface area contributed by atoms with Gasteiger partial charge in [-0.05, 0) is 44.0 Å². The number of urea groups is 1. The minimum absolute atomic E-state index is 0.0559. The second-order valence-electron chi connectivity index (χ2n) is 7.06. The molecule has 1 aromatic rings. The monoisotopic (exact) mass is 373 g/mol. The van der Waals surface area contributed by atoms with E-state index < -0.39 is 0 Å². The molecule has 3 rings (SSSR count). The number of anilines is 2. The van der Waals surface area contributed by atoms with Crippen LogP contribution in [0.1, 0.15) is 26.2 Å². The van der Waals surface area contributed by atoms with Crippen molar-refractivity contribution in [1.82, 2.24) is 15.5 Å². The summed E-state index contributed by atoms with van der Waals surface area (Å²) in [5.74, 6) is 0.201. The first-order valence-corrected chi connectivity index (χ1v) is 9.49. The number of carbonyl (C=O) groups is 3. The molecule has 3 N–H and O–H groups in total. The van der Waals surface area contributed by atoms with Crippen molar-refractivity contribution in [2.75, 3.05) is 42.9 Å². The number of nitrogens with zero attached hydrogens (tertiary/aromatic N) is 2. The standard InChI is InChI=1S/C19H27N5O3/c1-14-3-8-18(26)24(14)16-6-4-15(5-7-16)22-19(27)21-9-2-11-23-12-10-20-17(25)13-23/h4-7,14H,2-3,8-13H2,1H3,(H,20,25)(H2,21,22,27)/t14-/m1/s1. The van der Waals surface area contributed by atoms with E-state index in [9.17, 15) is 14.4 Å². The number of piperazine rings is 1. The van der Waals surface area contributed by atoms with Crippen LogP contribution in [0.5, 0.6) is 0 Å². The zero-order valence-electron chi connectivity index (χ0n) is 15.7. The highest BCUT2D eigenvalue weighted by Crippen LogP contribution is 2.27. The number of hydrogen-bond acceptors (Lipinski definition) is 4. The molecule has 1 atom stereocenters. The Kier molecular flexibility index (Phi) is 6.28. The lowest BCUT2D eigenvalue weighted by Crippen LogP contribution is -2.48. The Balaban J connectivity index is 1.39. The molecule has 0 aliphatic carbocycles. The maximum Gasteiger partial charge on any atom is 0.319 e. The van der Waals surface area contributed by atoms with E-state index in [0.717, 1.165) is 31.6 Å². The molecule has 2 saturated heterocycles. The normalized spacial score (nSPS) is 20.5. The van der Waals surface area contributed by atoms with E-state index in [2.05, 4.69) is 20.9 Å². The second-order valence-corrected chi connectivity index (χ2v) is 7.06. The molecule has 2 aliphatic rings. The quantitative estimate of drug-likeness (QED) is 0.652. The van der Waals surface area contributed by atoms with E-state index in [1.54, 1.807) is 12.1 Å². The largest absolute Gasteiger partial charge is 0.354 e. The molecular formula is C19H27N5O3. The summed E-state index contributed by atoms with van der Waals surface area (Å²) in [6, 6.07) is 7.28. The Bertz CT molecular complexity index is 691. The SMILES string of the molecule is C[C@@H]1CCC(=O)N1c1ccc(NC(=O)NCCCN2CCNC(=O)C2)cc1. The molecule has 0 spiro atoms. The molecule has 4 amide bonds. The summed E-state index contributed by atoms with van der Waals surface area (Å²) in [5, 5.41) is 8.41. The maximum atomic E-state index is 12.0. The number of benzene rings is 1. The van der Waals surface area contributed by atoms with Crippen LogP contribution in [0.4, 0.5) is 16.2 Å². The first kappa shape index (κ1) is 19.2. The van der Waals surface area contributed by atoms with Gasteiger partial charge in [-0.1, -0.05) is 0 Å². The predicted molar refractivity (Wildman–Crippen MR) is 104 cm³/mol. The van der Waals surface area contributed by atoms with Crippen molar-refractivity contribution in [3.8, 4) is 0 Å². The Hall–Kier alpha value is -2.61. The van der Waals surface area contributed by atoms with Gasteiger partial charge in [0.15, 0.2) is 0 Å². The van der Waals surface area contributed by atoms with E-state index in [0.29, 0.717) is 31.7 Å². The van der Waals surface area contributed by atoms with Crippen LogP contribution in [0.3, 0.4) is 0 Å². The summed E-state index contributed by atoms with van der Waals surface area (Å²) in [7, 11) is 0. The summed E-state index contributed by atoms with van der Waals surface area (Å²) in [4.78, 5) is 39.1. The fraction of sp³-hybridized carbons (Fsp3) is 0.526. The topological polar surface area (TPSA) is 93.8 Å². The highest BCUT2D eigenvalue weighted by molar-refractivity contribution is 5.96. The first-order chi connectivity index (χ1) is 13.0. The molecule has 2 heterocycles. The fourth-order valence-corrected chi connectivity index (χ4v) is 3.49. The van der Waals surface area contributed by atoms with Gasteiger partial charge in [-0.2, -0.15) is 0 Å². The summed E-state index contributed by atoms with van der Waals surface area (Å²) in [6.07, 6.45) is 2.25. The van der Waals surface area contributed by atoms with Gasteiger partial charge >= 0.3 is 6.03 Å². The third-order valence-corrected chi connectivity index (χ3v) is 4.94. The highest BCUT2D eigenvalue weighted by Gasteiger charge is 2.28. The molecule has 0 unspecified atom stereocenters. The lowest BCUT2D eigenvalue weighted by Gasteiger charge is -2.26. The molecule has 27 heavy (non-hydrogen) atoms. The molecule has 0 bridgehead atoms. The van der Waals surface area contributed by atoms with E-state index in [1.807, 2.05) is 24.0 Å². The number of nitrogens with one attached hydrogen (secondary N) is 3. The first-order valence-electron chi connectivity index (χ1n) is 9.49. The van der Waals surface area contributed by atoms with Crippen LogP contribution in [-0.2, 0) is 9.59 Å². The lowest BCUT2D eigenvalue weighted by molar-refractivity contribution is -0.124. The number of rotatable bonds is 6. The van der Waals surface area contributed by atoms with Gasteiger partial charge in [0, 0.05) is 50.0 Å². The maximum absolute atomic E-state index is 12.0. The van der Waals surface area contributed by atoms with Gasteiger partial charge in [0.2, 0.25) is 11.8 Å². The van der Waals surface area contributed by atoms with Gasteiger partial charge in [-0.3, -0.25) is 14.5 Å². The van der Waals surface area contributed by atoms with Crippen LogP contribution >= 0.6 is 0 Å². The van der Waals surface area contributed by atoms with E-state index in [4.69, 9.17) is 0 Å². The predicted octanol–water partition coefficient (Wildman–Crippen LogP) is 1.15. The molecule has 0 aromatic heterocycles. The molecule has 1 aromatic carbocycles. The fourth-order valence-electron chi connectivity index (χ4n) is 3.49. The third-order valence-electron chi connectivity index (χ3n) is 4.94. The smallest absolute Gasteiger partial charge is 0.319 e. The summed E-state index contributed by atoms with van der Waals surface area (Å²) in [6.45, 7) is 5.33. The van der Waals surface area contributed by atoms with Crippen LogP contribution in [0.2, 0.25) is 0 Å². The Labute approximate surface area is 159 Å². The minimum Gasteiger partial charge on any atom is -0.354 e. The van der Waals surface area contributed by atoms with Crippen molar-refractivity contribution in [1.29, 1.82) is 0 Å². The number of carbonyl (C=O) groups excluding carboxylic acids is 3. The highest BCUT2D eigenvalue weighted by atomic mass is 16.2. The van der Waals surface area contributed by atoms with Gasteiger partial charge in [0.05, 0.1) is 6.54 Å². The minimum atomic E-state index is -0.259. The molecule has 0 saturated carbocycles. The molecule has 8 heteroatoms. The molecule has 8 nitrogen and oxygen atoms in total. The second kappa shape index (κ2) is 8.85. The molecule has 2 fully saturated rings. The van der Waals surface area contributed by atoms with E-state index in [-0.39, 0.29) is 23.9 Å². The van der Waals surface area contributed by atoms with E-state index >= 15 is 0 Å². The van der Waals surface area contributed by atoms with Gasteiger partial charge in [-0.15, -0.1) is 0 Å². The lowest BCUT2D eigenvalue weighted by atomic mass is 10.2. The Morgan fingerprint density at radius 2 is 2.04 bits per heavy atom. The van der Waals surface area contributed by atoms with Crippen LogP contribution in [0.25, 0.3) is 0 Å². The van der Waals surface area contributed by atoms with Crippen LogP contribution in [0, 0.1) is 0 Å². The van der Waals surface area contributed by atoms with Crippen LogP contribution in [-0.4, -0.2) is 61.5 Å². The van der Waals surface area contributed by atoms with Crippen molar-refractivity contribution in [3.63, 3.8) is 0 Å². The Morgan fingerprint density at radius 1 is 1.26 bits per heavy atom. The molecule has 0 radical (unpaired) electrons. The van der Waals surface area contributed by atoms with E-state index in [1.165, 1.54) is 0 Å². The molecule has 146 valence electrons. The van der Waals surface area contributed by atoms with Crippen molar-refractivity contribution >= 4 is 29.2 Å². The Morgan fingerprint density at radius 3 is 2.70 bits per heavy atom. The number of hydrogen-bond donors (Lipinski definition) is 3. The van der Waals surface area contributed by atoms with Gasteiger partial charge in [0.25, 0.3) is 0 Å². The van der Waals surface area contributed by atoms with Crippen molar-refractivity contribution in [2.24, 2.45) is 0 Å². The molecular weight excluding hydrogens is 346 g/mol. The average molecular weight is 373 g/mol. The molecule has 2 aliphatic heterocycles. The summed E-state index contributed by atoms with van der Waals surface area (Å²) in [5.41, 5.74) is 1.55. The third kappa shape index (κ3) is 5.19. The van der Waals surface area contributed by atoms with Crippen molar-refractivity contribution in [2.45, 2.75) is 32.2 Å². The summed E-state index contributed by atoms with van der Waals surface area (Å²) >= 11 is 0. The number of amides is 4. The van der Waals surface area contributed by atoms with Crippen molar-refractivity contribution < 1.29 is 14.4 Å². The van der Waals surface area contributed by atoms with Crippen LogP contribution in [0.15, 0.2) is 24.3 Å². The van der Waals surface area contributed by atoms with Crippen LogP contribution < -0.4 is 20.9 Å². The zero-order valence-corrected chi connectivity index (χ0v) is 15.7. The van der Waals surface area contributed by atoms with Crippen molar-refractivity contribution in [3.05, 3.63) is 24.3 Å². The summed E-state index contributed by atoms with van der Waals surface area (Å²) < 4.78 is 0. The van der Waals surface area contributed by atoms with Gasteiger partial charge < -0.3 is 20.9 Å².